The summed E-state index contributed by atoms with van der Waals surface area (Å²) in [4.78, 5) is 15.2. The van der Waals surface area contributed by atoms with Crippen LogP contribution in [0.15, 0.2) is 46.9 Å². The van der Waals surface area contributed by atoms with Crippen LogP contribution in [0.3, 0.4) is 0 Å². The lowest BCUT2D eigenvalue weighted by molar-refractivity contribution is 0.0989. The van der Waals surface area contributed by atoms with Gasteiger partial charge in [0.25, 0.3) is 5.91 Å². The topological polar surface area (TPSA) is 71.0 Å². The molecule has 2 aromatic carbocycles. The number of oxazole rings is 1. The van der Waals surface area contributed by atoms with Crippen molar-refractivity contribution in [2.24, 2.45) is 0 Å². The van der Waals surface area contributed by atoms with E-state index in [1.807, 2.05) is 51.1 Å². The molecule has 1 aliphatic heterocycles. The van der Waals surface area contributed by atoms with Gasteiger partial charge in [-0.3, -0.25) is 4.79 Å². The molecular formula is C23H21N3O3. The highest BCUT2D eigenvalue weighted by atomic mass is 16.4. The number of aromatic nitrogens is 2. The monoisotopic (exact) mass is 387 g/mol. The number of aryl methyl sites for hydroxylation is 3. The fraction of sp³-hybridized carbons (Fsp3) is 0.217. The third kappa shape index (κ3) is 2.56. The molecule has 1 amide bonds. The zero-order valence-electron chi connectivity index (χ0n) is 16.6. The predicted octanol–water partition coefficient (Wildman–Crippen LogP) is 4.43. The first kappa shape index (κ1) is 17.6. The van der Waals surface area contributed by atoms with Gasteiger partial charge in [-0.2, -0.15) is 9.61 Å². The second-order valence-corrected chi connectivity index (χ2v) is 7.54. The van der Waals surface area contributed by atoms with Crippen molar-refractivity contribution in [2.75, 3.05) is 11.4 Å². The summed E-state index contributed by atoms with van der Waals surface area (Å²) in [7, 11) is 0. The van der Waals surface area contributed by atoms with Gasteiger partial charge in [0.2, 0.25) is 5.71 Å². The van der Waals surface area contributed by atoms with E-state index in [0.717, 1.165) is 17.7 Å². The smallest absolute Gasteiger partial charge is 0.265 e. The molecular weight excluding hydrogens is 366 g/mol. The Hall–Kier alpha value is -3.54. The van der Waals surface area contributed by atoms with E-state index in [1.54, 1.807) is 15.5 Å². The quantitative estimate of drug-likeness (QED) is 0.552. The molecule has 0 saturated heterocycles. The first-order valence-electron chi connectivity index (χ1n) is 9.64. The molecule has 0 aliphatic carbocycles. The summed E-state index contributed by atoms with van der Waals surface area (Å²) in [6, 6.07) is 13.4. The van der Waals surface area contributed by atoms with E-state index in [-0.39, 0.29) is 11.7 Å². The Kier molecular flexibility index (Phi) is 3.77. The van der Waals surface area contributed by atoms with E-state index in [4.69, 9.17) is 4.42 Å². The number of carbonyl (C=O) groups excluding carboxylic acids is 1. The van der Waals surface area contributed by atoms with Gasteiger partial charge < -0.3 is 14.4 Å². The van der Waals surface area contributed by atoms with Crippen LogP contribution in [-0.4, -0.2) is 27.2 Å². The SMILES string of the molecule is Cc1ccc(-c2c(C)oc3c(C(=O)N4CCc5ccccc54)c(C)nn23)c(O)c1. The Morgan fingerprint density at radius 2 is 1.93 bits per heavy atom. The van der Waals surface area contributed by atoms with Gasteiger partial charge in [0.1, 0.15) is 22.8 Å². The first-order chi connectivity index (χ1) is 14.0. The van der Waals surface area contributed by atoms with Gasteiger partial charge in [-0.15, -0.1) is 0 Å². The molecule has 4 aromatic rings. The minimum atomic E-state index is -0.115. The number of anilines is 1. The van der Waals surface area contributed by atoms with Gasteiger partial charge in [-0.05, 0) is 56.5 Å². The fourth-order valence-corrected chi connectivity index (χ4v) is 4.17. The molecule has 0 spiro atoms. The van der Waals surface area contributed by atoms with Crippen molar-refractivity contribution >= 4 is 17.3 Å². The second kappa shape index (κ2) is 6.24. The predicted molar refractivity (Wildman–Crippen MR) is 111 cm³/mol. The van der Waals surface area contributed by atoms with Crippen molar-refractivity contribution < 1.29 is 14.3 Å². The zero-order valence-corrected chi connectivity index (χ0v) is 16.6. The minimum absolute atomic E-state index is 0.115. The Morgan fingerprint density at radius 3 is 2.72 bits per heavy atom. The average molecular weight is 387 g/mol. The lowest BCUT2D eigenvalue weighted by Crippen LogP contribution is -2.29. The fourth-order valence-electron chi connectivity index (χ4n) is 4.17. The maximum absolute atomic E-state index is 13.4. The highest BCUT2D eigenvalue weighted by Gasteiger charge is 2.32. The van der Waals surface area contributed by atoms with Crippen molar-refractivity contribution in [2.45, 2.75) is 27.2 Å². The van der Waals surface area contributed by atoms with Gasteiger partial charge in [0, 0.05) is 17.8 Å². The number of nitrogens with zero attached hydrogens (tertiary/aromatic N) is 3. The molecule has 0 unspecified atom stereocenters. The molecule has 0 radical (unpaired) electrons. The van der Waals surface area contributed by atoms with E-state index in [2.05, 4.69) is 11.2 Å². The third-order valence-corrected chi connectivity index (χ3v) is 5.57. The molecule has 6 heteroatoms. The van der Waals surface area contributed by atoms with Crippen LogP contribution in [-0.2, 0) is 6.42 Å². The van der Waals surface area contributed by atoms with E-state index in [0.29, 0.717) is 40.5 Å². The number of hydrogen-bond acceptors (Lipinski definition) is 4. The van der Waals surface area contributed by atoms with E-state index >= 15 is 0 Å². The summed E-state index contributed by atoms with van der Waals surface area (Å²) in [5, 5.41) is 15.0. The van der Waals surface area contributed by atoms with Crippen LogP contribution in [0.2, 0.25) is 0 Å². The maximum atomic E-state index is 13.4. The number of aromatic hydroxyl groups is 1. The summed E-state index contributed by atoms with van der Waals surface area (Å²) >= 11 is 0. The Labute approximate surface area is 168 Å². The van der Waals surface area contributed by atoms with Crippen LogP contribution in [0.1, 0.15) is 32.9 Å². The molecule has 0 atom stereocenters. The molecule has 2 aromatic heterocycles. The van der Waals surface area contributed by atoms with E-state index in [1.165, 1.54) is 5.56 Å². The van der Waals surface area contributed by atoms with Crippen molar-refractivity contribution in [3.63, 3.8) is 0 Å². The van der Waals surface area contributed by atoms with Crippen LogP contribution in [0.4, 0.5) is 5.69 Å². The Morgan fingerprint density at radius 1 is 1.14 bits per heavy atom. The lowest BCUT2D eigenvalue weighted by Gasteiger charge is -2.16. The molecule has 1 N–H and O–H groups in total. The zero-order chi connectivity index (χ0) is 20.3. The molecule has 29 heavy (non-hydrogen) atoms. The molecule has 0 fully saturated rings. The van der Waals surface area contributed by atoms with Crippen molar-refractivity contribution in [3.05, 3.63) is 70.6 Å². The lowest BCUT2D eigenvalue weighted by atomic mass is 10.1. The first-order valence-corrected chi connectivity index (χ1v) is 9.64. The number of benzene rings is 2. The van der Waals surface area contributed by atoms with Crippen molar-refractivity contribution in [3.8, 4) is 17.0 Å². The Balaban J connectivity index is 1.66. The molecule has 5 rings (SSSR count). The van der Waals surface area contributed by atoms with Crippen LogP contribution in [0.5, 0.6) is 5.75 Å². The van der Waals surface area contributed by atoms with Crippen molar-refractivity contribution in [1.29, 1.82) is 0 Å². The number of para-hydroxylation sites is 1. The third-order valence-electron chi connectivity index (χ3n) is 5.57. The number of rotatable bonds is 2. The average Bonchev–Trinajstić information content (AvgIpc) is 3.33. The molecule has 0 bridgehead atoms. The van der Waals surface area contributed by atoms with Gasteiger partial charge in [0.15, 0.2) is 0 Å². The van der Waals surface area contributed by atoms with Crippen LogP contribution >= 0.6 is 0 Å². The molecule has 1 aliphatic rings. The van der Waals surface area contributed by atoms with E-state index < -0.39 is 0 Å². The summed E-state index contributed by atoms with van der Waals surface area (Å²) in [5.74, 6) is 0.642. The number of amides is 1. The maximum Gasteiger partial charge on any atom is 0.265 e. The molecule has 6 nitrogen and oxygen atoms in total. The van der Waals surface area contributed by atoms with Crippen molar-refractivity contribution in [1.82, 2.24) is 9.61 Å². The van der Waals surface area contributed by atoms with Crippen LogP contribution < -0.4 is 4.90 Å². The van der Waals surface area contributed by atoms with Crippen LogP contribution in [0.25, 0.3) is 17.0 Å². The summed E-state index contributed by atoms with van der Waals surface area (Å²) in [6.07, 6.45) is 0.838. The highest BCUT2D eigenvalue weighted by molar-refractivity contribution is 6.11. The summed E-state index contributed by atoms with van der Waals surface area (Å²) < 4.78 is 7.63. The number of hydrogen-bond donors (Lipinski definition) is 1. The number of carbonyl (C=O) groups is 1. The number of phenols is 1. The second-order valence-electron chi connectivity index (χ2n) is 7.54. The van der Waals surface area contributed by atoms with Gasteiger partial charge in [-0.1, -0.05) is 24.3 Å². The number of phenolic OH excluding ortho intramolecular Hbond substituents is 1. The van der Waals surface area contributed by atoms with Gasteiger partial charge >= 0.3 is 0 Å². The molecule has 146 valence electrons. The van der Waals surface area contributed by atoms with Gasteiger partial charge in [-0.25, -0.2) is 0 Å². The number of fused-ring (bicyclic) bond motifs is 2. The molecule has 0 saturated carbocycles. The van der Waals surface area contributed by atoms with Gasteiger partial charge in [0.05, 0.1) is 5.69 Å². The molecule has 3 heterocycles. The van der Waals surface area contributed by atoms with E-state index in [9.17, 15) is 9.90 Å². The normalized spacial score (nSPS) is 13.3. The van der Waals surface area contributed by atoms with Crippen LogP contribution in [0, 0.1) is 20.8 Å². The summed E-state index contributed by atoms with van der Waals surface area (Å²) in [6.45, 7) is 6.19. The summed E-state index contributed by atoms with van der Waals surface area (Å²) in [5.41, 5.74) is 5.82. The highest BCUT2D eigenvalue weighted by Crippen LogP contribution is 2.36. The standard InChI is InChI=1S/C23H21N3O3/c1-13-8-9-17(19(27)12-13)21-15(3)29-23-20(14(2)24-26(21)23)22(28)25-11-10-16-6-4-5-7-18(16)25/h4-9,12,27H,10-11H2,1-3H3. The Bertz CT molecular complexity index is 1280. The largest absolute Gasteiger partial charge is 0.507 e. The minimum Gasteiger partial charge on any atom is -0.507 e.